The SMILES string of the molecule is Cc1cccc(NCc2ccnc3ccccc23)c1. The Morgan fingerprint density at radius 1 is 1.00 bits per heavy atom. The van der Waals surface area contributed by atoms with E-state index < -0.39 is 0 Å². The number of aryl methyl sites for hydroxylation is 1. The van der Waals surface area contributed by atoms with Gasteiger partial charge in [0.05, 0.1) is 5.52 Å². The minimum Gasteiger partial charge on any atom is -0.381 e. The number of nitrogens with zero attached hydrogens (tertiary/aromatic N) is 1. The third kappa shape index (κ3) is 2.58. The molecular formula is C17H16N2. The summed E-state index contributed by atoms with van der Waals surface area (Å²) < 4.78 is 0. The van der Waals surface area contributed by atoms with Crippen LogP contribution in [0.1, 0.15) is 11.1 Å². The van der Waals surface area contributed by atoms with Gasteiger partial charge in [-0.3, -0.25) is 4.98 Å². The lowest BCUT2D eigenvalue weighted by Crippen LogP contribution is -2.00. The molecule has 0 bridgehead atoms. The second kappa shape index (κ2) is 5.11. The van der Waals surface area contributed by atoms with Crippen LogP contribution in [0.5, 0.6) is 0 Å². The highest BCUT2D eigenvalue weighted by molar-refractivity contribution is 5.82. The summed E-state index contributed by atoms with van der Waals surface area (Å²) in [5, 5.41) is 4.68. The van der Waals surface area contributed by atoms with E-state index in [4.69, 9.17) is 0 Å². The summed E-state index contributed by atoms with van der Waals surface area (Å²) in [5.74, 6) is 0. The molecule has 19 heavy (non-hydrogen) atoms. The van der Waals surface area contributed by atoms with Crippen molar-refractivity contribution in [3.8, 4) is 0 Å². The van der Waals surface area contributed by atoms with Crippen molar-refractivity contribution in [2.45, 2.75) is 13.5 Å². The zero-order valence-electron chi connectivity index (χ0n) is 10.9. The number of benzene rings is 2. The molecule has 1 heterocycles. The topological polar surface area (TPSA) is 24.9 Å². The lowest BCUT2D eigenvalue weighted by atomic mass is 10.1. The summed E-state index contributed by atoms with van der Waals surface area (Å²) in [6.45, 7) is 2.92. The number of pyridine rings is 1. The van der Waals surface area contributed by atoms with Crippen LogP contribution in [-0.2, 0) is 6.54 Å². The molecule has 0 fully saturated rings. The lowest BCUT2D eigenvalue weighted by Gasteiger charge is -2.09. The van der Waals surface area contributed by atoms with Crippen LogP contribution in [-0.4, -0.2) is 4.98 Å². The normalized spacial score (nSPS) is 10.6. The molecule has 1 aromatic heterocycles. The van der Waals surface area contributed by atoms with E-state index in [1.54, 1.807) is 0 Å². The van der Waals surface area contributed by atoms with Crippen molar-refractivity contribution in [1.82, 2.24) is 4.98 Å². The third-order valence-corrected chi connectivity index (χ3v) is 3.24. The Bertz CT molecular complexity index is 699. The minimum atomic E-state index is 0.812. The monoisotopic (exact) mass is 248 g/mol. The summed E-state index contributed by atoms with van der Waals surface area (Å²) in [5.41, 5.74) is 4.74. The van der Waals surface area contributed by atoms with Crippen LogP contribution in [0, 0.1) is 6.92 Å². The van der Waals surface area contributed by atoms with E-state index in [-0.39, 0.29) is 0 Å². The Hall–Kier alpha value is -2.35. The van der Waals surface area contributed by atoms with Crippen LogP contribution in [0.15, 0.2) is 60.8 Å². The first-order valence-electron chi connectivity index (χ1n) is 6.46. The van der Waals surface area contributed by atoms with Gasteiger partial charge in [-0.05, 0) is 42.3 Å². The van der Waals surface area contributed by atoms with E-state index >= 15 is 0 Å². The molecule has 0 unspecified atom stereocenters. The number of rotatable bonds is 3. The third-order valence-electron chi connectivity index (χ3n) is 3.24. The standard InChI is InChI=1S/C17H16N2/c1-13-5-4-6-15(11-13)19-12-14-9-10-18-17-8-3-2-7-16(14)17/h2-11,19H,12H2,1H3. The van der Waals surface area contributed by atoms with Gasteiger partial charge in [0, 0.05) is 23.8 Å². The second-order valence-corrected chi connectivity index (χ2v) is 4.71. The molecule has 0 amide bonds. The zero-order valence-corrected chi connectivity index (χ0v) is 10.9. The van der Waals surface area contributed by atoms with E-state index in [9.17, 15) is 0 Å². The zero-order chi connectivity index (χ0) is 13.1. The molecule has 0 saturated heterocycles. The maximum absolute atomic E-state index is 4.38. The molecule has 1 N–H and O–H groups in total. The van der Waals surface area contributed by atoms with Crippen molar-refractivity contribution in [2.75, 3.05) is 5.32 Å². The fourth-order valence-electron chi connectivity index (χ4n) is 2.26. The molecule has 0 spiro atoms. The Morgan fingerprint density at radius 3 is 2.79 bits per heavy atom. The Morgan fingerprint density at radius 2 is 1.89 bits per heavy atom. The van der Waals surface area contributed by atoms with Crippen molar-refractivity contribution in [3.05, 3.63) is 71.9 Å². The van der Waals surface area contributed by atoms with E-state index in [2.05, 4.69) is 59.7 Å². The summed E-state index contributed by atoms with van der Waals surface area (Å²) in [6.07, 6.45) is 1.87. The predicted molar refractivity (Wildman–Crippen MR) is 80.2 cm³/mol. The van der Waals surface area contributed by atoms with Crippen LogP contribution in [0.2, 0.25) is 0 Å². The minimum absolute atomic E-state index is 0.812. The molecule has 0 aliphatic rings. The highest BCUT2D eigenvalue weighted by Gasteiger charge is 2.01. The van der Waals surface area contributed by atoms with Crippen molar-refractivity contribution >= 4 is 16.6 Å². The quantitative estimate of drug-likeness (QED) is 0.753. The van der Waals surface area contributed by atoms with Crippen LogP contribution < -0.4 is 5.32 Å². The van der Waals surface area contributed by atoms with E-state index in [0.29, 0.717) is 0 Å². The first-order valence-corrected chi connectivity index (χ1v) is 6.46. The molecule has 3 rings (SSSR count). The summed E-state index contributed by atoms with van der Waals surface area (Å²) in [7, 11) is 0. The van der Waals surface area contributed by atoms with Gasteiger partial charge in [-0.15, -0.1) is 0 Å². The number of aromatic nitrogens is 1. The Balaban J connectivity index is 1.86. The van der Waals surface area contributed by atoms with Crippen molar-refractivity contribution in [1.29, 1.82) is 0 Å². The maximum Gasteiger partial charge on any atom is 0.0705 e. The van der Waals surface area contributed by atoms with Gasteiger partial charge < -0.3 is 5.32 Å². The number of hydrogen-bond donors (Lipinski definition) is 1. The predicted octanol–water partition coefficient (Wildman–Crippen LogP) is 4.16. The van der Waals surface area contributed by atoms with Crippen LogP contribution in [0.4, 0.5) is 5.69 Å². The van der Waals surface area contributed by atoms with Crippen LogP contribution >= 0.6 is 0 Å². The van der Waals surface area contributed by atoms with E-state index in [1.807, 2.05) is 18.3 Å². The highest BCUT2D eigenvalue weighted by atomic mass is 14.9. The number of nitrogens with one attached hydrogen (secondary N) is 1. The molecule has 0 aliphatic heterocycles. The molecule has 2 aromatic carbocycles. The number of fused-ring (bicyclic) bond motifs is 1. The van der Waals surface area contributed by atoms with Crippen LogP contribution in [0.25, 0.3) is 10.9 Å². The fourth-order valence-corrected chi connectivity index (χ4v) is 2.26. The number of para-hydroxylation sites is 1. The molecule has 0 aliphatic carbocycles. The van der Waals surface area contributed by atoms with Crippen molar-refractivity contribution in [2.24, 2.45) is 0 Å². The van der Waals surface area contributed by atoms with Gasteiger partial charge >= 0.3 is 0 Å². The van der Waals surface area contributed by atoms with E-state index in [0.717, 1.165) is 17.7 Å². The van der Waals surface area contributed by atoms with Gasteiger partial charge in [0.2, 0.25) is 0 Å². The van der Waals surface area contributed by atoms with Gasteiger partial charge in [-0.2, -0.15) is 0 Å². The fraction of sp³-hybridized carbons (Fsp3) is 0.118. The van der Waals surface area contributed by atoms with Gasteiger partial charge in [0.1, 0.15) is 0 Å². The molecule has 94 valence electrons. The van der Waals surface area contributed by atoms with Gasteiger partial charge in [-0.1, -0.05) is 30.3 Å². The second-order valence-electron chi connectivity index (χ2n) is 4.71. The summed E-state index contributed by atoms with van der Waals surface area (Å²) in [6, 6.07) is 18.7. The molecule has 3 aromatic rings. The van der Waals surface area contributed by atoms with Crippen LogP contribution in [0.3, 0.4) is 0 Å². The number of hydrogen-bond acceptors (Lipinski definition) is 2. The first-order chi connectivity index (χ1) is 9.33. The smallest absolute Gasteiger partial charge is 0.0705 e. The van der Waals surface area contributed by atoms with Crippen molar-refractivity contribution in [3.63, 3.8) is 0 Å². The van der Waals surface area contributed by atoms with Gasteiger partial charge in [0.15, 0.2) is 0 Å². The van der Waals surface area contributed by atoms with Crippen molar-refractivity contribution < 1.29 is 0 Å². The van der Waals surface area contributed by atoms with E-state index in [1.165, 1.54) is 16.5 Å². The molecule has 0 saturated carbocycles. The summed E-state index contributed by atoms with van der Waals surface area (Å²) in [4.78, 5) is 4.38. The summed E-state index contributed by atoms with van der Waals surface area (Å²) >= 11 is 0. The first kappa shape index (κ1) is 11.7. The number of anilines is 1. The van der Waals surface area contributed by atoms with Gasteiger partial charge in [0.25, 0.3) is 0 Å². The molecule has 0 atom stereocenters. The lowest BCUT2D eigenvalue weighted by molar-refractivity contribution is 1.15. The molecule has 0 radical (unpaired) electrons. The largest absolute Gasteiger partial charge is 0.381 e. The molecular weight excluding hydrogens is 232 g/mol. The Labute approximate surface area is 113 Å². The highest BCUT2D eigenvalue weighted by Crippen LogP contribution is 2.18. The maximum atomic E-state index is 4.38. The average molecular weight is 248 g/mol. The molecule has 2 heteroatoms. The van der Waals surface area contributed by atoms with Gasteiger partial charge in [-0.25, -0.2) is 0 Å². The molecule has 2 nitrogen and oxygen atoms in total. The average Bonchev–Trinajstić information content (AvgIpc) is 2.45. The Kier molecular flexibility index (Phi) is 3.15.